The Hall–Kier alpha value is -1.42. The van der Waals surface area contributed by atoms with Gasteiger partial charge in [-0.2, -0.15) is 0 Å². The minimum Gasteiger partial charge on any atom is -0.338 e. The van der Waals surface area contributed by atoms with Crippen LogP contribution in [0, 0.1) is 11.7 Å². The van der Waals surface area contributed by atoms with Crippen LogP contribution >= 0.6 is 0 Å². The van der Waals surface area contributed by atoms with Crippen LogP contribution in [-0.2, 0) is 11.2 Å². The Balaban J connectivity index is 1.89. The second-order valence-corrected chi connectivity index (χ2v) is 6.12. The van der Waals surface area contributed by atoms with Crippen molar-refractivity contribution in [2.45, 2.75) is 45.1 Å². The summed E-state index contributed by atoms with van der Waals surface area (Å²) in [6, 6.07) is 6.82. The van der Waals surface area contributed by atoms with Crippen LogP contribution in [-0.4, -0.2) is 29.9 Å². The van der Waals surface area contributed by atoms with E-state index in [4.69, 9.17) is 5.73 Å². The number of likely N-dealkylation sites (tertiary alicyclic amines) is 1. The first-order valence-electron chi connectivity index (χ1n) is 7.84. The van der Waals surface area contributed by atoms with Crippen LogP contribution < -0.4 is 5.73 Å². The summed E-state index contributed by atoms with van der Waals surface area (Å²) in [7, 11) is 0. The van der Waals surface area contributed by atoms with Crippen LogP contribution in [0.25, 0.3) is 0 Å². The molecule has 1 saturated heterocycles. The van der Waals surface area contributed by atoms with Crippen LogP contribution in [0.1, 0.15) is 38.2 Å². The molecule has 1 fully saturated rings. The third kappa shape index (κ3) is 4.53. The summed E-state index contributed by atoms with van der Waals surface area (Å²) in [4.78, 5) is 14.4. The lowest BCUT2D eigenvalue weighted by Gasteiger charge is -2.35. The number of nitrogens with zero attached hydrogens (tertiary/aromatic N) is 1. The first kappa shape index (κ1) is 16.0. The van der Waals surface area contributed by atoms with E-state index in [1.54, 1.807) is 12.1 Å². The first-order valence-corrected chi connectivity index (χ1v) is 7.84. The highest BCUT2D eigenvalue weighted by Crippen LogP contribution is 2.20. The fourth-order valence-electron chi connectivity index (χ4n) is 3.13. The van der Waals surface area contributed by atoms with Gasteiger partial charge in [-0.3, -0.25) is 4.79 Å². The second-order valence-electron chi connectivity index (χ2n) is 6.12. The highest BCUT2D eigenvalue weighted by atomic mass is 19.1. The summed E-state index contributed by atoms with van der Waals surface area (Å²) in [6.07, 6.45) is 4.48. The summed E-state index contributed by atoms with van der Waals surface area (Å²) in [5.74, 6) is 0.180. The average Bonchev–Trinajstić information content (AvgIpc) is 2.47. The molecule has 0 aliphatic carbocycles. The Morgan fingerprint density at radius 1 is 1.48 bits per heavy atom. The molecule has 0 radical (unpaired) electrons. The number of piperidine rings is 1. The smallest absolute Gasteiger partial charge is 0.223 e. The highest BCUT2D eigenvalue weighted by molar-refractivity contribution is 5.77. The van der Waals surface area contributed by atoms with Gasteiger partial charge in [0.25, 0.3) is 0 Å². The molecule has 0 spiro atoms. The van der Waals surface area contributed by atoms with Crippen molar-refractivity contribution in [1.82, 2.24) is 4.90 Å². The molecule has 1 heterocycles. The van der Waals surface area contributed by atoms with Crippen LogP contribution in [0.5, 0.6) is 0 Å². The summed E-state index contributed by atoms with van der Waals surface area (Å²) >= 11 is 0. The number of carbonyl (C=O) groups excluding carboxylic acids is 1. The summed E-state index contributed by atoms with van der Waals surface area (Å²) in [5, 5.41) is 0. The molecule has 1 aliphatic rings. The maximum atomic E-state index is 13.2. The highest BCUT2D eigenvalue weighted by Gasteiger charge is 2.26. The zero-order valence-electron chi connectivity index (χ0n) is 12.7. The Kier molecular flexibility index (Phi) is 5.74. The minimum atomic E-state index is -0.217. The van der Waals surface area contributed by atoms with Gasteiger partial charge in [0.05, 0.1) is 0 Å². The fourth-order valence-corrected chi connectivity index (χ4v) is 3.13. The van der Waals surface area contributed by atoms with Gasteiger partial charge < -0.3 is 10.6 Å². The van der Waals surface area contributed by atoms with Gasteiger partial charge in [-0.25, -0.2) is 4.39 Å². The van der Waals surface area contributed by atoms with Gasteiger partial charge in [-0.05, 0) is 49.3 Å². The second kappa shape index (κ2) is 7.55. The molecule has 1 aromatic rings. The normalized spacial score (nSPS) is 20.3. The molecular weight excluding hydrogens is 267 g/mol. The van der Waals surface area contributed by atoms with Crippen molar-refractivity contribution in [3.8, 4) is 0 Å². The number of hydrogen-bond acceptors (Lipinski definition) is 2. The molecule has 21 heavy (non-hydrogen) atoms. The molecular formula is C17H25FN2O. The topological polar surface area (TPSA) is 46.3 Å². The van der Waals surface area contributed by atoms with Crippen molar-refractivity contribution in [3.05, 3.63) is 35.6 Å². The van der Waals surface area contributed by atoms with E-state index >= 15 is 0 Å². The standard InChI is InChI=1S/C17H25FN2O/c1-13(9-14-5-4-6-15(18)11-14)10-17(21)20-8-3-2-7-16(20)12-19/h4-6,11,13,16H,2-3,7-10,12,19H2,1H3. The molecule has 1 aliphatic heterocycles. The molecule has 2 atom stereocenters. The number of halogens is 1. The molecule has 2 unspecified atom stereocenters. The molecule has 2 N–H and O–H groups in total. The monoisotopic (exact) mass is 292 g/mol. The van der Waals surface area contributed by atoms with Crippen molar-refractivity contribution < 1.29 is 9.18 Å². The third-order valence-corrected chi connectivity index (χ3v) is 4.22. The van der Waals surface area contributed by atoms with E-state index in [2.05, 4.69) is 0 Å². The van der Waals surface area contributed by atoms with Gasteiger partial charge in [0.2, 0.25) is 5.91 Å². The van der Waals surface area contributed by atoms with Crippen LogP contribution in [0.15, 0.2) is 24.3 Å². The predicted octanol–water partition coefficient (Wildman–Crippen LogP) is 2.73. The lowest BCUT2D eigenvalue weighted by molar-refractivity contribution is -0.135. The van der Waals surface area contributed by atoms with Gasteiger partial charge in [0, 0.05) is 25.6 Å². The van der Waals surface area contributed by atoms with Gasteiger partial charge >= 0.3 is 0 Å². The molecule has 1 aromatic carbocycles. The zero-order chi connectivity index (χ0) is 15.2. The number of nitrogens with two attached hydrogens (primary N) is 1. The molecule has 2 rings (SSSR count). The van der Waals surface area contributed by atoms with E-state index in [-0.39, 0.29) is 23.7 Å². The van der Waals surface area contributed by atoms with E-state index in [0.29, 0.717) is 13.0 Å². The van der Waals surface area contributed by atoms with Gasteiger partial charge in [-0.1, -0.05) is 19.1 Å². The molecule has 4 heteroatoms. The number of hydrogen-bond donors (Lipinski definition) is 1. The molecule has 0 saturated carbocycles. The van der Waals surface area contributed by atoms with E-state index in [1.807, 2.05) is 17.9 Å². The van der Waals surface area contributed by atoms with E-state index in [0.717, 1.165) is 37.8 Å². The van der Waals surface area contributed by atoms with Crippen LogP contribution in [0.2, 0.25) is 0 Å². The van der Waals surface area contributed by atoms with Gasteiger partial charge in [0.15, 0.2) is 0 Å². The minimum absolute atomic E-state index is 0.189. The number of benzene rings is 1. The average molecular weight is 292 g/mol. The van der Waals surface area contributed by atoms with Crippen molar-refractivity contribution in [3.63, 3.8) is 0 Å². The maximum absolute atomic E-state index is 13.2. The summed E-state index contributed by atoms with van der Waals surface area (Å²) < 4.78 is 13.2. The summed E-state index contributed by atoms with van der Waals surface area (Å²) in [6.45, 7) is 3.42. The molecule has 3 nitrogen and oxygen atoms in total. The molecule has 1 amide bonds. The Bertz CT molecular complexity index is 478. The van der Waals surface area contributed by atoms with E-state index in [1.165, 1.54) is 6.07 Å². The SMILES string of the molecule is CC(CC(=O)N1CCCCC1CN)Cc1cccc(F)c1. The quantitative estimate of drug-likeness (QED) is 0.907. The summed E-state index contributed by atoms with van der Waals surface area (Å²) in [5.41, 5.74) is 6.72. The molecule has 0 bridgehead atoms. The maximum Gasteiger partial charge on any atom is 0.223 e. The Morgan fingerprint density at radius 3 is 3.00 bits per heavy atom. The van der Waals surface area contributed by atoms with Crippen LogP contribution in [0.3, 0.4) is 0 Å². The van der Waals surface area contributed by atoms with Gasteiger partial charge in [-0.15, -0.1) is 0 Å². The predicted molar refractivity (Wildman–Crippen MR) is 82.3 cm³/mol. The largest absolute Gasteiger partial charge is 0.338 e. The third-order valence-electron chi connectivity index (χ3n) is 4.22. The lowest BCUT2D eigenvalue weighted by Crippen LogP contribution is -2.47. The number of carbonyl (C=O) groups is 1. The van der Waals surface area contributed by atoms with Gasteiger partial charge in [0.1, 0.15) is 5.82 Å². The van der Waals surface area contributed by atoms with E-state index < -0.39 is 0 Å². The Labute approximate surface area is 126 Å². The Morgan fingerprint density at radius 2 is 2.29 bits per heavy atom. The van der Waals surface area contributed by atoms with Crippen molar-refractivity contribution >= 4 is 5.91 Å². The van der Waals surface area contributed by atoms with Crippen molar-refractivity contribution in [2.24, 2.45) is 11.7 Å². The van der Waals surface area contributed by atoms with Crippen LogP contribution in [0.4, 0.5) is 4.39 Å². The first-order chi connectivity index (χ1) is 10.1. The molecule has 0 aromatic heterocycles. The number of amides is 1. The molecule has 116 valence electrons. The van der Waals surface area contributed by atoms with Crippen molar-refractivity contribution in [2.75, 3.05) is 13.1 Å². The fraction of sp³-hybridized carbons (Fsp3) is 0.588. The lowest BCUT2D eigenvalue weighted by atomic mass is 9.95. The zero-order valence-corrected chi connectivity index (χ0v) is 12.7. The van der Waals surface area contributed by atoms with Crippen molar-refractivity contribution in [1.29, 1.82) is 0 Å². The van der Waals surface area contributed by atoms with E-state index in [9.17, 15) is 9.18 Å². The number of rotatable bonds is 5.